The number of benzene rings is 1. The third-order valence-corrected chi connectivity index (χ3v) is 4.96. The molecule has 0 fully saturated rings. The molecule has 1 atom stereocenters. The maximum absolute atomic E-state index is 10.7. The maximum Gasteiger partial charge on any atom is 0.219 e. The molecule has 2 heterocycles. The molecule has 1 aromatic carbocycles. The fourth-order valence-electron chi connectivity index (χ4n) is 3.55. The molecule has 0 amide bonds. The molecule has 1 unspecified atom stereocenters. The van der Waals surface area contributed by atoms with Gasteiger partial charge < -0.3 is 5.11 Å². The number of aromatic nitrogens is 3. The molecule has 0 saturated carbocycles. The molecule has 1 aliphatic carbocycles. The van der Waals surface area contributed by atoms with Crippen molar-refractivity contribution in [3.63, 3.8) is 0 Å². The topological polar surface area (TPSA) is 54.2 Å². The summed E-state index contributed by atoms with van der Waals surface area (Å²) >= 11 is 0. The maximum atomic E-state index is 10.7. The van der Waals surface area contributed by atoms with Crippen molar-refractivity contribution in [2.24, 2.45) is 0 Å². The van der Waals surface area contributed by atoms with Gasteiger partial charge in [-0.2, -0.15) is 9.78 Å². The fraction of sp³-hybridized carbons (Fsp3) is 0.300. The van der Waals surface area contributed by atoms with E-state index in [-0.39, 0.29) is 5.88 Å². The van der Waals surface area contributed by atoms with Gasteiger partial charge in [0.2, 0.25) is 5.88 Å². The van der Waals surface area contributed by atoms with Crippen molar-refractivity contribution in [3.8, 4) is 11.7 Å². The van der Waals surface area contributed by atoms with Gasteiger partial charge in [0.15, 0.2) is 5.82 Å². The highest BCUT2D eigenvalue weighted by Gasteiger charge is 2.28. The lowest BCUT2D eigenvalue weighted by Crippen LogP contribution is -2.35. The van der Waals surface area contributed by atoms with Crippen molar-refractivity contribution in [1.29, 1.82) is 0 Å². The molecule has 0 radical (unpaired) electrons. The predicted octanol–water partition coefficient (Wildman–Crippen LogP) is 2.96. The second-order valence-corrected chi connectivity index (χ2v) is 6.65. The number of aromatic hydroxyl groups is 1. The molecule has 0 spiro atoms. The lowest BCUT2D eigenvalue weighted by Gasteiger charge is -2.30. The summed E-state index contributed by atoms with van der Waals surface area (Å²) in [6, 6.07) is 16.5. The van der Waals surface area contributed by atoms with E-state index in [0.717, 1.165) is 37.1 Å². The van der Waals surface area contributed by atoms with Crippen LogP contribution in [0.15, 0.2) is 54.7 Å². The molecule has 5 nitrogen and oxygen atoms in total. The van der Waals surface area contributed by atoms with E-state index >= 15 is 0 Å². The molecule has 128 valence electrons. The molecule has 1 aliphatic rings. The Labute approximate surface area is 147 Å². The van der Waals surface area contributed by atoms with Gasteiger partial charge in [-0.25, -0.2) is 4.98 Å². The van der Waals surface area contributed by atoms with Crippen molar-refractivity contribution in [2.75, 3.05) is 7.05 Å². The Morgan fingerprint density at radius 2 is 1.96 bits per heavy atom. The van der Waals surface area contributed by atoms with Gasteiger partial charge in [0.05, 0.1) is 5.69 Å². The molecule has 0 saturated heterocycles. The number of pyridine rings is 1. The van der Waals surface area contributed by atoms with Gasteiger partial charge in [-0.3, -0.25) is 4.90 Å². The first kappa shape index (κ1) is 15.8. The van der Waals surface area contributed by atoms with Crippen LogP contribution in [0.3, 0.4) is 0 Å². The Bertz CT molecular complexity index is 845. The normalized spacial score (nSPS) is 16.8. The van der Waals surface area contributed by atoms with Crippen molar-refractivity contribution in [1.82, 2.24) is 19.7 Å². The smallest absolute Gasteiger partial charge is 0.219 e. The van der Waals surface area contributed by atoms with Crippen molar-refractivity contribution in [2.45, 2.75) is 31.8 Å². The molecule has 25 heavy (non-hydrogen) atoms. The van der Waals surface area contributed by atoms with Crippen molar-refractivity contribution in [3.05, 3.63) is 71.5 Å². The van der Waals surface area contributed by atoms with Crippen LogP contribution in [0.1, 0.15) is 23.2 Å². The van der Waals surface area contributed by atoms with Crippen LogP contribution >= 0.6 is 0 Å². The fourth-order valence-corrected chi connectivity index (χ4v) is 3.55. The highest BCUT2D eigenvalue weighted by atomic mass is 16.3. The van der Waals surface area contributed by atoms with Crippen LogP contribution in [0.2, 0.25) is 0 Å². The van der Waals surface area contributed by atoms with Gasteiger partial charge in [0, 0.05) is 24.3 Å². The van der Waals surface area contributed by atoms with E-state index < -0.39 is 0 Å². The number of hydrogen-bond acceptors (Lipinski definition) is 4. The average Bonchev–Trinajstić information content (AvgIpc) is 2.99. The van der Waals surface area contributed by atoms with Gasteiger partial charge >= 0.3 is 0 Å². The second kappa shape index (κ2) is 6.69. The van der Waals surface area contributed by atoms with E-state index in [0.29, 0.717) is 11.9 Å². The van der Waals surface area contributed by atoms with E-state index in [2.05, 4.69) is 46.3 Å². The zero-order valence-corrected chi connectivity index (χ0v) is 14.3. The first-order valence-electron chi connectivity index (χ1n) is 8.67. The third kappa shape index (κ3) is 3.15. The van der Waals surface area contributed by atoms with Gasteiger partial charge in [-0.15, -0.1) is 0 Å². The monoisotopic (exact) mass is 334 g/mol. The van der Waals surface area contributed by atoms with Crippen LogP contribution in [0.25, 0.3) is 5.82 Å². The van der Waals surface area contributed by atoms with Crippen molar-refractivity contribution >= 4 is 0 Å². The van der Waals surface area contributed by atoms with Crippen LogP contribution < -0.4 is 0 Å². The van der Waals surface area contributed by atoms with E-state index in [1.807, 2.05) is 24.3 Å². The standard InChI is InChI=1S/C20H22N4O/c1-23(14-15-7-3-2-4-8-15)16-10-11-18-17(13-16)20(25)24(22-18)19-9-5-6-12-21-19/h2-9,12,16,25H,10-11,13-14H2,1H3. The Hall–Kier alpha value is -2.66. The summed E-state index contributed by atoms with van der Waals surface area (Å²) in [7, 11) is 2.16. The minimum Gasteiger partial charge on any atom is -0.493 e. The minimum absolute atomic E-state index is 0.228. The number of aryl methyl sites for hydroxylation is 1. The highest BCUT2D eigenvalue weighted by molar-refractivity contribution is 5.39. The molecule has 0 aliphatic heterocycles. The highest BCUT2D eigenvalue weighted by Crippen LogP contribution is 2.32. The van der Waals surface area contributed by atoms with Crippen LogP contribution in [0, 0.1) is 0 Å². The number of likely N-dealkylation sites (N-methyl/N-ethyl adjacent to an activating group) is 1. The molecule has 2 aromatic heterocycles. The Balaban J connectivity index is 1.54. The summed E-state index contributed by atoms with van der Waals surface area (Å²) in [6.07, 6.45) is 4.46. The van der Waals surface area contributed by atoms with E-state index in [1.165, 1.54) is 5.56 Å². The lowest BCUT2D eigenvalue weighted by molar-refractivity contribution is 0.212. The van der Waals surface area contributed by atoms with Crippen molar-refractivity contribution < 1.29 is 5.11 Å². The SMILES string of the molecule is CN(Cc1ccccc1)C1CCc2nn(-c3ccccn3)c(O)c2C1. The summed E-state index contributed by atoms with van der Waals surface area (Å²) in [5, 5.41) is 15.2. The van der Waals surface area contributed by atoms with Crippen LogP contribution in [0.5, 0.6) is 5.88 Å². The summed E-state index contributed by atoms with van der Waals surface area (Å²) < 4.78 is 1.56. The first-order chi connectivity index (χ1) is 12.2. The minimum atomic E-state index is 0.228. The van der Waals surface area contributed by atoms with Gasteiger partial charge in [-0.1, -0.05) is 36.4 Å². The summed E-state index contributed by atoms with van der Waals surface area (Å²) in [6.45, 7) is 0.913. The largest absolute Gasteiger partial charge is 0.493 e. The molecule has 0 bridgehead atoms. The molecule has 5 heteroatoms. The Kier molecular flexibility index (Phi) is 4.24. The van der Waals surface area contributed by atoms with Gasteiger partial charge in [0.25, 0.3) is 0 Å². The first-order valence-corrected chi connectivity index (χ1v) is 8.67. The van der Waals surface area contributed by atoms with E-state index in [4.69, 9.17) is 0 Å². The quantitative estimate of drug-likeness (QED) is 0.797. The molecule has 4 rings (SSSR count). The Morgan fingerprint density at radius 1 is 1.16 bits per heavy atom. The number of fused-ring (bicyclic) bond motifs is 1. The second-order valence-electron chi connectivity index (χ2n) is 6.65. The van der Waals surface area contributed by atoms with Gasteiger partial charge in [0.1, 0.15) is 0 Å². The van der Waals surface area contributed by atoms with Crippen LogP contribution in [0.4, 0.5) is 0 Å². The molecule has 1 N–H and O–H groups in total. The zero-order chi connectivity index (χ0) is 17.2. The summed E-state index contributed by atoms with van der Waals surface area (Å²) in [5.41, 5.74) is 3.26. The van der Waals surface area contributed by atoms with Crippen LogP contribution in [-0.2, 0) is 19.4 Å². The number of rotatable bonds is 4. The van der Waals surface area contributed by atoms with Gasteiger partial charge in [-0.05, 0) is 44.0 Å². The number of hydrogen-bond donors (Lipinski definition) is 1. The summed E-state index contributed by atoms with van der Waals surface area (Å²) in [5.74, 6) is 0.884. The number of nitrogens with zero attached hydrogens (tertiary/aromatic N) is 4. The molecule has 3 aromatic rings. The predicted molar refractivity (Wildman–Crippen MR) is 96.7 cm³/mol. The Morgan fingerprint density at radius 3 is 2.72 bits per heavy atom. The molecular weight excluding hydrogens is 312 g/mol. The summed E-state index contributed by atoms with van der Waals surface area (Å²) in [4.78, 5) is 6.66. The van der Waals surface area contributed by atoms with Crippen LogP contribution in [-0.4, -0.2) is 37.9 Å². The molecular formula is C20H22N4O. The third-order valence-electron chi connectivity index (χ3n) is 4.96. The zero-order valence-electron chi connectivity index (χ0n) is 14.3. The lowest BCUT2D eigenvalue weighted by atomic mass is 9.92. The van der Waals surface area contributed by atoms with E-state index in [9.17, 15) is 5.11 Å². The van der Waals surface area contributed by atoms with E-state index in [1.54, 1.807) is 10.9 Å². The average molecular weight is 334 g/mol.